The molecule has 1 aromatic carbocycles. The number of nitrogens with one attached hydrogen (secondary N) is 1. The van der Waals surface area contributed by atoms with Crippen LogP contribution in [0, 0.1) is 5.82 Å². The van der Waals surface area contributed by atoms with Crippen molar-refractivity contribution in [1.29, 1.82) is 0 Å². The van der Waals surface area contributed by atoms with E-state index in [-0.39, 0.29) is 23.8 Å². The second kappa shape index (κ2) is 6.22. The summed E-state index contributed by atoms with van der Waals surface area (Å²) >= 11 is 0. The number of amides is 1. The molecule has 1 aliphatic heterocycles. The highest BCUT2D eigenvalue weighted by Gasteiger charge is 2.28. The summed E-state index contributed by atoms with van der Waals surface area (Å²) in [5, 5.41) is 2.93. The summed E-state index contributed by atoms with van der Waals surface area (Å²) in [6.07, 6.45) is -0.00214. The van der Waals surface area contributed by atoms with Crippen molar-refractivity contribution in [2.45, 2.75) is 33.0 Å². The Balaban J connectivity index is 2.26. The van der Waals surface area contributed by atoms with Crippen LogP contribution in [0.1, 0.15) is 31.1 Å². The molecule has 1 N–H and O–H groups in total. The van der Waals surface area contributed by atoms with E-state index in [9.17, 15) is 9.18 Å². The molecule has 0 saturated carbocycles. The molecule has 0 spiro atoms. The lowest BCUT2D eigenvalue weighted by atomic mass is 10.1. The average Bonchev–Trinajstić information content (AvgIpc) is 2.39. The molecule has 5 heteroatoms. The Morgan fingerprint density at radius 1 is 1.40 bits per heavy atom. The Morgan fingerprint density at radius 3 is 2.65 bits per heavy atom. The van der Waals surface area contributed by atoms with Crippen molar-refractivity contribution in [3.63, 3.8) is 0 Å². The van der Waals surface area contributed by atoms with Crippen LogP contribution in [0.25, 0.3) is 0 Å². The van der Waals surface area contributed by atoms with Gasteiger partial charge in [-0.3, -0.25) is 4.79 Å². The van der Waals surface area contributed by atoms with Crippen LogP contribution < -0.4 is 5.32 Å². The van der Waals surface area contributed by atoms with Crippen molar-refractivity contribution in [2.24, 2.45) is 0 Å². The van der Waals surface area contributed by atoms with Crippen LogP contribution in [0.2, 0.25) is 0 Å². The summed E-state index contributed by atoms with van der Waals surface area (Å²) in [6.45, 7) is 7.38. The topological polar surface area (TPSA) is 41.6 Å². The molecule has 20 heavy (non-hydrogen) atoms. The predicted octanol–water partition coefficient (Wildman–Crippen LogP) is 2.51. The third-order valence-electron chi connectivity index (χ3n) is 3.30. The molecular weight excluding hydrogens is 259 g/mol. The number of hydrogen-bond donors (Lipinski definition) is 1. The third-order valence-corrected chi connectivity index (χ3v) is 3.30. The second-order valence-electron chi connectivity index (χ2n) is 5.16. The number of carbonyl (C=O) groups excluding carboxylic acids is 1. The van der Waals surface area contributed by atoms with Gasteiger partial charge in [-0.25, -0.2) is 4.39 Å². The summed E-state index contributed by atoms with van der Waals surface area (Å²) < 4.78 is 19.5. The largest absolute Gasteiger partial charge is 0.382 e. The molecule has 1 saturated heterocycles. The first-order valence-corrected chi connectivity index (χ1v) is 7.00. The number of halogens is 1. The van der Waals surface area contributed by atoms with Crippen molar-refractivity contribution in [2.75, 3.05) is 25.0 Å². The number of benzene rings is 1. The molecule has 4 nitrogen and oxygen atoms in total. The number of rotatable bonds is 3. The van der Waals surface area contributed by atoms with Crippen molar-refractivity contribution < 1.29 is 13.9 Å². The Kier molecular flexibility index (Phi) is 4.60. The monoisotopic (exact) mass is 280 g/mol. The van der Waals surface area contributed by atoms with Gasteiger partial charge in [0.05, 0.1) is 23.5 Å². The lowest BCUT2D eigenvalue weighted by Gasteiger charge is -2.35. The van der Waals surface area contributed by atoms with E-state index < -0.39 is 5.82 Å². The average molecular weight is 280 g/mol. The van der Waals surface area contributed by atoms with Crippen molar-refractivity contribution >= 4 is 11.6 Å². The van der Waals surface area contributed by atoms with Gasteiger partial charge >= 0.3 is 0 Å². The van der Waals surface area contributed by atoms with Gasteiger partial charge in [-0.1, -0.05) is 6.07 Å². The zero-order chi connectivity index (χ0) is 14.7. The van der Waals surface area contributed by atoms with Crippen molar-refractivity contribution in [3.8, 4) is 0 Å². The number of ether oxygens (including phenoxy) is 1. The highest BCUT2D eigenvalue weighted by molar-refractivity contribution is 5.99. The number of morpholine rings is 1. The Morgan fingerprint density at radius 2 is 2.05 bits per heavy atom. The zero-order valence-electron chi connectivity index (χ0n) is 12.1. The highest BCUT2D eigenvalue weighted by Crippen LogP contribution is 2.23. The maximum Gasteiger partial charge on any atom is 0.256 e. The first kappa shape index (κ1) is 14.8. The van der Waals surface area contributed by atoms with Gasteiger partial charge in [-0.15, -0.1) is 0 Å². The van der Waals surface area contributed by atoms with Crippen molar-refractivity contribution in [1.82, 2.24) is 4.90 Å². The van der Waals surface area contributed by atoms with E-state index in [0.29, 0.717) is 25.2 Å². The number of anilines is 1. The standard InChI is InChI=1S/C15H21FN2O2/c1-4-17-14-12(6-5-7-13(14)16)15(19)18-8-10(2)20-11(3)9-18/h5-7,10-11,17H,4,8-9H2,1-3H3. The van der Waals surface area contributed by atoms with Gasteiger partial charge in [0.15, 0.2) is 0 Å². The van der Waals surface area contributed by atoms with Gasteiger partial charge < -0.3 is 15.0 Å². The van der Waals surface area contributed by atoms with Gasteiger partial charge in [0.2, 0.25) is 0 Å². The van der Waals surface area contributed by atoms with Crippen LogP contribution >= 0.6 is 0 Å². The number of nitrogens with zero attached hydrogens (tertiary/aromatic N) is 1. The molecule has 2 atom stereocenters. The van der Waals surface area contributed by atoms with Crippen LogP contribution in [0.4, 0.5) is 10.1 Å². The van der Waals surface area contributed by atoms with E-state index in [1.54, 1.807) is 17.0 Å². The molecule has 2 rings (SSSR count). The quantitative estimate of drug-likeness (QED) is 0.925. The maximum atomic E-state index is 13.9. The first-order chi connectivity index (χ1) is 9.52. The molecule has 1 heterocycles. The lowest BCUT2D eigenvalue weighted by Crippen LogP contribution is -2.48. The Hall–Kier alpha value is -1.62. The maximum absolute atomic E-state index is 13.9. The van der Waals surface area contributed by atoms with Gasteiger partial charge in [-0.05, 0) is 32.9 Å². The fourth-order valence-corrected chi connectivity index (χ4v) is 2.57. The van der Waals surface area contributed by atoms with Gasteiger partial charge in [0.25, 0.3) is 5.91 Å². The molecular formula is C15H21FN2O2. The van der Waals surface area contributed by atoms with Gasteiger partial charge in [0, 0.05) is 19.6 Å². The van der Waals surface area contributed by atoms with Crippen LogP contribution in [0.15, 0.2) is 18.2 Å². The summed E-state index contributed by atoms with van der Waals surface area (Å²) in [5.74, 6) is -0.547. The first-order valence-electron chi connectivity index (χ1n) is 7.00. The van der Waals surface area contributed by atoms with E-state index in [1.807, 2.05) is 20.8 Å². The molecule has 0 aliphatic carbocycles. The van der Waals surface area contributed by atoms with E-state index in [2.05, 4.69) is 5.32 Å². The number of carbonyl (C=O) groups is 1. The minimum Gasteiger partial charge on any atom is -0.382 e. The summed E-state index contributed by atoms with van der Waals surface area (Å²) in [5.41, 5.74) is 0.667. The van der Waals surface area contributed by atoms with Crippen LogP contribution in [0.3, 0.4) is 0 Å². The van der Waals surface area contributed by atoms with Crippen LogP contribution in [-0.4, -0.2) is 42.6 Å². The minimum absolute atomic E-state index is 0.00107. The third kappa shape index (κ3) is 3.10. The summed E-state index contributed by atoms with van der Waals surface area (Å²) in [7, 11) is 0. The predicted molar refractivity (Wildman–Crippen MR) is 76.5 cm³/mol. The molecule has 2 unspecified atom stereocenters. The van der Waals surface area contributed by atoms with Gasteiger partial charge in [-0.2, -0.15) is 0 Å². The summed E-state index contributed by atoms with van der Waals surface area (Å²) in [4.78, 5) is 14.3. The summed E-state index contributed by atoms with van der Waals surface area (Å²) in [6, 6.07) is 4.59. The second-order valence-corrected chi connectivity index (χ2v) is 5.16. The highest BCUT2D eigenvalue weighted by atomic mass is 19.1. The fraction of sp³-hybridized carbons (Fsp3) is 0.533. The molecule has 110 valence electrons. The Bertz CT molecular complexity index is 483. The normalized spacial score (nSPS) is 22.7. The van der Waals surface area contributed by atoms with E-state index in [1.165, 1.54) is 6.07 Å². The SMILES string of the molecule is CCNc1c(F)cccc1C(=O)N1CC(C)OC(C)C1. The minimum atomic E-state index is -0.396. The molecule has 0 aromatic heterocycles. The number of para-hydroxylation sites is 1. The molecule has 1 fully saturated rings. The van der Waals surface area contributed by atoms with Crippen LogP contribution in [0.5, 0.6) is 0 Å². The Labute approximate surface area is 118 Å². The molecule has 0 bridgehead atoms. The fourth-order valence-electron chi connectivity index (χ4n) is 2.57. The van der Waals surface area contributed by atoms with Gasteiger partial charge in [0.1, 0.15) is 5.82 Å². The van der Waals surface area contributed by atoms with E-state index in [0.717, 1.165) is 0 Å². The van der Waals surface area contributed by atoms with Crippen molar-refractivity contribution in [3.05, 3.63) is 29.6 Å². The zero-order valence-corrected chi connectivity index (χ0v) is 12.1. The molecule has 1 amide bonds. The molecule has 1 aliphatic rings. The lowest BCUT2D eigenvalue weighted by molar-refractivity contribution is -0.0586. The molecule has 0 radical (unpaired) electrons. The number of hydrogen-bond acceptors (Lipinski definition) is 3. The molecule has 1 aromatic rings. The van der Waals surface area contributed by atoms with E-state index in [4.69, 9.17) is 4.74 Å². The van der Waals surface area contributed by atoms with E-state index >= 15 is 0 Å². The van der Waals surface area contributed by atoms with Crippen LogP contribution in [-0.2, 0) is 4.74 Å². The smallest absolute Gasteiger partial charge is 0.256 e.